The number of nitrogens with one attached hydrogen (secondary N) is 1. The summed E-state index contributed by atoms with van der Waals surface area (Å²) < 4.78 is 6.32. The van der Waals surface area contributed by atoms with Crippen LogP contribution in [0.2, 0.25) is 5.02 Å². The first-order chi connectivity index (χ1) is 8.33. The molecule has 0 spiro atoms. The molecule has 3 nitrogen and oxygen atoms in total. The molecule has 0 aliphatic heterocycles. The Balaban J connectivity index is 1.84. The fourth-order valence-electron chi connectivity index (χ4n) is 1.57. The molecule has 0 saturated carbocycles. The highest BCUT2D eigenvalue weighted by Gasteiger charge is 2.06. The predicted molar refractivity (Wildman–Crippen MR) is 70.7 cm³/mol. The first kappa shape index (κ1) is 10.6. The Hall–Kier alpha value is -1.52. The van der Waals surface area contributed by atoms with Crippen LogP contribution in [-0.4, -0.2) is 4.98 Å². The van der Waals surface area contributed by atoms with Crippen molar-refractivity contribution in [2.24, 2.45) is 0 Å². The van der Waals surface area contributed by atoms with Gasteiger partial charge in [-0.1, -0.05) is 29.0 Å². The van der Waals surface area contributed by atoms with Crippen LogP contribution >= 0.6 is 22.9 Å². The zero-order chi connectivity index (χ0) is 11.7. The number of anilines is 1. The Bertz CT molecular complexity index is 633. The molecule has 17 heavy (non-hydrogen) atoms. The molecule has 1 aromatic carbocycles. The van der Waals surface area contributed by atoms with Crippen LogP contribution in [0.3, 0.4) is 0 Å². The van der Waals surface area contributed by atoms with Gasteiger partial charge in [-0.2, -0.15) is 0 Å². The quantitative estimate of drug-likeness (QED) is 0.772. The number of fused-ring (bicyclic) bond motifs is 1. The average Bonchev–Trinajstić information content (AvgIpc) is 2.95. The van der Waals surface area contributed by atoms with Gasteiger partial charge in [-0.15, -0.1) is 0 Å². The van der Waals surface area contributed by atoms with Crippen LogP contribution in [0.15, 0.2) is 41.0 Å². The normalized spacial score (nSPS) is 10.9. The molecule has 1 N–H and O–H groups in total. The number of halogens is 1. The number of benzene rings is 1. The van der Waals surface area contributed by atoms with Crippen molar-refractivity contribution in [2.45, 2.75) is 6.54 Å². The van der Waals surface area contributed by atoms with E-state index in [2.05, 4.69) is 10.3 Å². The Kier molecular flexibility index (Phi) is 2.74. The van der Waals surface area contributed by atoms with Gasteiger partial charge >= 0.3 is 0 Å². The molecule has 2 aromatic heterocycles. The van der Waals surface area contributed by atoms with Crippen LogP contribution in [0.1, 0.15) is 5.76 Å². The lowest BCUT2D eigenvalue weighted by molar-refractivity contribution is 0.518. The molecule has 86 valence electrons. The molecule has 0 bridgehead atoms. The Morgan fingerprint density at radius 1 is 1.29 bits per heavy atom. The molecule has 3 rings (SSSR count). The van der Waals surface area contributed by atoms with Crippen molar-refractivity contribution in [3.05, 3.63) is 47.4 Å². The molecule has 0 aliphatic carbocycles. The lowest BCUT2D eigenvalue weighted by atomic mass is 10.3. The first-order valence-corrected chi connectivity index (χ1v) is 6.34. The van der Waals surface area contributed by atoms with E-state index in [4.69, 9.17) is 16.0 Å². The van der Waals surface area contributed by atoms with E-state index in [0.717, 1.165) is 21.1 Å². The lowest BCUT2D eigenvalue weighted by Gasteiger charge is -1.97. The van der Waals surface area contributed by atoms with Crippen LogP contribution in [0.25, 0.3) is 10.2 Å². The van der Waals surface area contributed by atoms with E-state index in [9.17, 15) is 0 Å². The van der Waals surface area contributed by atoms with E-state index in [1.807, 2.05) is 30.3 Å². The van der Waals surface area contributed by atoms with Gasteiger partial charge in [0.1, 0.15) is 11.3 Å². The van der Waals surface area contributed by atoms with Crippen LogP contribution in [0.5, 0.6) is 0 Å². The zero-order valence-electron chi connectivity index (χ0n) is 8.81. The minimum absolute atomic E-state index is 0.629. The summed E-state index contributed by atoms with van der Waals surface area (Å²) in [6.07, 6.45) is 1.66. The molecule has 2 heterocycles. The minimum Gasteiger partial charge on any atom is -0.467 e. The zero-order valence-corrected chi connectivity index (χ0v) is 10.4. The van der Waals surface area contributed by atoms with Crippen molar-refractivity contribution in [3.63, 3.8) is 0 Å². The highest BCUT2D eigenvalue weighted by molar-refractivity contribution is 7.22. The molecule has 5 heteroatoms. The van der Waals surface area contributed by atoms with Gasteiger partial charge in [0, 0.05) is 0 Å². The van der Waals surface area contributed by atoms with Gasteiger partial charge in [0.05, 0.1) is 22.5 Å². The summed E-state index contributed by atoms with van der Waals surface area (Å²) in [6.45, 7) is 0.629. The van der Waals surface area contributed by atoms with Gasteiger partial charge in [0.25, 0.3) is 0 Å². The van der Waals surface area contributed by atoms with Crippen molar-refractivity contribution in [3.8, 4) is 0 Å². The summed E-state index contributed by atoms with van der Waals surface area (Å²) in [4.78, 5) is 4.45. The fraction of sp³-hybridized carbons (Fsp3) is 0.0833. The Labute approximate surface area is 107 Å². The summed E-state index contributed by atoms with van der Waals surface area (Å²) in [7, 11) is 0. The molecule has 0 radical (unpaired) electrons. The standard InChI is InChI=1S/C12H9ClN2OS/c13-9-4-1-5-10-11(9)15-12(17-10)14-7-8-3-2-6-16-8/h1-6H,7H2,(H,14,15). The van der Waals surface area contributed by atoms with Crippen molar-refractivity contribution < 1.29 is 4.42 Å². The molecular weight excluding hydrogens is 256 g/mol. The number of thiazole rings is 1. The average molecular weight is 265 g/mol. The number of nitrogens with zero attached hydrogens (tertiary/aromatic N) is 1. The van der Waals surface area contributed by atoms with Gasteiger partial charge < -0.3 is 9.73 Å². The van der Waals surface area contributed by atoms with Gasteiger partial charge in [-0.05, 0) is 24.3 Å². The number of furan rings is 1. The number of rotatable bonds is 3. The molecular formula is C12H9ClN2OS. The van der Waals surface area contributed by atoms with E-state index in [-0.39, 0.29) is 0 Å². The molecule has 0 fully saturated rings. The first-order valence-electron chi connectivity index (χ1n) is 5.14. The van der Waals surface area contributed by atoms with Crippen LogP contribution in [0, 0.1) is 0 Å². The van der Waals surface area contributed by atoms with Crippen molar-refractivity contribution >= 4 is 38.3 Å². The summed E-state index contributed by atoms with van der Waals surface area (Å²) in [5.74, 6) is 0.885. The van der Waals surface area contributed by atoms with Crippen molar-refractivity contribution in [1.82, 2.24) is 4.98 Å². The van der Waals surface area contributed by atoms with E-state index in [1.54, 1.807) is 17.6 Å². The number of hydrogen-bond acceptors (Lipinski definition) is 4. The maximum Gasteiger partial charge on any atom is 0.184 e. The number of hydrogen-bond donors (Lipinski definition) is 1. The lowest BCUT2D eigenvalue weighted by Crippen LogP contribution is -1.96. The molecule has 0 atom stereocenters. The molecule has 0 amide bonds. The summed E-state index contributed by atoms with van der Waals surface area (Å²) in [5.41, 5.74) is 0.848. The van der Waals surface area contributed by atoms with E-state index in [1.165, 1.54) is 0 Å². The molecule has 0 unspecified atom stereocenters. The van der Waals surface area contributed by atoms with Gasteiger partial charge in [0.2, 0.25) is 0 Å². The second-order valence-electron chi connectivity index (χ2n) is 3.54. The Morgan fingerprint density at radius 3 is 3.00 bits per heavy atom. The largest absolute Gasteiger partial charge is 0.467 e. The van der Waals surface area contributed by atoms with Crippen molar-refractivity contribution in [2.75, 3.05) is 5.32 Å². The molecule has 0 saturated heterocycles. The number of para-hydroxylation sites is 1. The smallest absolute Gasteiger partial charge is 0.184 e. The third kappa shape index (κ3) is 2.14. The molecule has 3 aromatic rings. The van der Waals surface area contributed by atoms with E-state index >= 15 is 0 Å². The van der Waals surface area contributed by atoms with Crippen LogP contribution in [0.4, 0.5) is 5.13 Å². The Morgan fingerprint density at radius 2 is 2.24 bits per heavy atom. The highest BCUT2D eigenvalue weighted by Crippen LogP contribution is 2.30. The topological polar surface area (TPSA) is 38.1 Å². The maximum absolute atomic E-state index is 6.07. The van der Waals surface area contributed by atoms with Gasteiger partial charge in [0.15, 0.2) is 5.13 Å². The second kappa shape index (κ2) is 4.39. The van der Waals surface area contributed by atoms with Gasteiger partial charge in [-0.25, -0.2) is 4.98 Å². The van der Waals surface area contributed by atoms with E-state index < -0.39 is 0 Å². The molecule has 0 aliphatic rings. The maximum atomic E-state index is 6.07. The van der Waals surface area contributed by atoms with Crippen LogP contribution in [-0.2, 0) is 6.54 Å². The third-order valence-electron chi connectivity index (χ3n) is 2.36. The van der Waals surface area contributed by atoms with Gasteiger partial charge in [-0.3, -0.25) is 0 Å². The SMILES string of the molecule is Clc1cccc2sc(NCc3ccco3)nc12. The fourth-order valence-corrected chi connectivity index (χ4v) is 2.73. The second-order valence-corrected chi connectivity index (χ2v) is 4.98. The highest BCUT2D eigenvalue weighted by atomic mass is 35.5. The minimum atomic E-state index is 0.629. The van der Waals surface area contributed by atoms with Crippen LogP contribution < -0.4 is 5.32 Å². The van der Waals surface area contributed by atoms with E-state index in [0.29, 0.717) is 11.6 Å². The third-order valence-corrected chi connectivity index (χ3v) is 3.65. The summed E-state index contributed by atoms with van der Waals surface area (Å²) in [6, 6.07) is 9.58. The predicted octanol–water partition coefficient (Wildman–Crippen LogP) is 4.15. The number of aromatic nitrogens is 1. The summed E-state index contributed by atoms with van der Waals surface area (Å²) in [5, 5.41) is 4.76. The monoisotopic (exact) mass is 264 g/mol. The summed E-state index contributed by atoms with van der Waals surface area (Å²) >= 11 is 7.65. The van der Waals surface area contributed by atoms with Crippen molar-refractivity contribution in [1.29, 1.82) is 0 Å².